The van der Waals surface area contributed by atoms with E-state index >= 15 is 0 Å². The number of carbonyl (C=O) groups is 2. The van der Waals surface area contributed by atoms with Crippen LogP contribution in [0, 0.1) is 0 Å². The van der Waals surface area contributed by atoms with E-state index in [0.717, 1.165) is 51.3 Å². The fourth-order valence-electron chi connectivity index (χ4n) is 3.80. The van der Waals surface area contributed by atoms with Crippen LogP contribution >= 0.6 is 0 Å². The minimum atomic E-state index is -0.880. The molecule has 1 atom stereocenters. The van der Waals surface area contributed by atoms with E-state index in [4.69, 9.17) is 9.47 Å². The number of nitrogens with one attached hydrogen (secondary N) is 1. The largest absolute Gasteiger partial charge is 0.449 e. The van der Waals surface area contributed by atoms with Gasteiger partial charge in [0.1, 0.15) is 0 Å². The molecule has 1 aliphatic heterocycles. The predicted octanol–water partition coefficient (Wildman–Crippen LogP) is 3.20. The highest BCUT2D eigenvalue weighted by Gasteiger charge is 2.21. The summed E-state index contributed by atoms with van der Waals surface area (Å²) >= 11 is 0. The van der Waals surface area contributed by atoms with Crippen molar-refractivity contribution in [2.45, 2.75) is 32.3 Å². The van der Waals surface area contributed by atoms with Crippen molar-refractivity contribution in [1.29, 1.82) is 0 Å². The molecule has 1 fully saturated rings. The number of esters is 1. The first kappa shape index (κ1) is 19.5. The van der Waals surface area contributed by atoms with E-state index in [0.29, 0.717) is 11.3 Å². The van der Waals surface area contributed by atoms with Crippen molar-refractivity contribution in [2.24, 2.45) is 0 Å². The Labute approximate surface area is 170 Å². The Kier molecular flexibility index (Phi) is 5.81. The fourth-order valence-corrected chi connectivity index (χ4v) is 3.80. The highest BCUT2D eigenvalue weighted by Crippen LogP contribution is 2.23. The van der Waals surface area contributed by atoms with Gasteiger partial charge in [-0.05, 0) is 73.7 Å². The zero-order chi connectivity index (χ0) is 20.2. The molecule has 1 N–H and O–H groups in total. The van der Waals surface area contributed by atoms with Crippen molar-refractivity contribution >= 4 is 23.3 Å². The summed E-state index contributed by atoms with van der Waals surface area (Å²) in [5.41, 5.74) is 4.78. The lowest BCUT2D eigenvalue weighted by molar-refractivity contribution is -0.123. The standard InChI is InChI=1S/C23H26N2O4/c1-16(29-23(27)19-6-5-17-3-2-4-18(17)15-19)22(26)24-20-7-9-21(10-8-20)25-11-13-28-14-12-25/h5-10,15-16H,2-4,11-14H2,1H3,(H,24,26)/t16-/m1/s1. The zero-order valence-electron chi connectivity index (χ0n) is 16.6. The smallest absolute Gasteiger partial charge is 0.338 e. The highest BCUT2D eigenvalue weighted by atomic mass is 16.5. The summed E-state index contributed by atoms with van der Waals surface area (Å²) in [4.78, 5) is 27.1. The van der Waals surface area contributed by atoms with Crippen molar-refractivity contribution in [3.63, 3.8) is 0 Å². The van der Waals surface area contributed by atoms with E-state index in [1.807, 2.05) is 36.4 Å². The lowest BCUT2D eigenvalue weighted by Gasteiger charge is -2.28. The van der Waals surface area contributed by atoms with E-state index in [9.17, 15) is 9.59 Å². The van der Waals surface area contributed by atoms with Gasteiger partial charge in [-0.15, -0.1) is 0 Å². The van der Waals surface area contributed by atoms with Crippen molar-refractivity contribution < 1.29 is 19.1 Å². The normalized spacial score (nSPS) is 16.8. The van der Waals surface area contributed by atoms with Gasteiger partial charge < -0.3 is 19.7 Å². The van der Waals surface area contributed by atoms with Crippen LogP contribution < -0.4 is 10.2 Å². The second kappa shape index (κ2) is 8.66. The highest BCUT2D eigenvalue weighted by molar-refractivity contribution is 5.97. The van der Waals surface area contributed by atoms with Crippen molar-refractivity contribution in [3.05, 3.63) is 59.2 Å². The molecule has 0 saturated carbocycles. The average molecular weight is 394 g/mol. The number of anilines is 2. The van der Waals surface area contributed by atoms with Gasteiger partial charge in [-0.25, -0.2) is 4.79 Å². The summed E-state index contributed by atoms with van der Waals surface area (Å²) in [5, 5.41) is 2.81. The van der Waals surface area contributed by atoms with Gasteiger partial charge in [0.2, 0.25) is 0 Å². The van der Waals surface area contributed by atoms with Crippen LogP contribution in [0.25, 0.3) is 0 Å². The number of morpholine rings is 1. The third kappa shape index (κ3) is 4.59. The van der Waals surface area contributed by atoms with Crippen LogP contribution in [0.1, 0.15) is 34.8 Å². The molecule has 2 aromatic rings. The van der Waals surface area contributed by atoms with Crippen molar-refractivity contribution in [3.8, 4) is 0 Å². The zero-order valence-corrected chi connectivity index (χ0v) is 16.6. The summed E-state index contributed by atoms with van der Waals surface area (Å²) in [5.74, 6) is -0.816. The van der Waals surface area contributed by atoms with E-state index < -0.39 is 12.1 Å². The monoisotopic (exact) mass is 394 g/mol. The average Bonchev–Trinajstić information content (AvgIpc) is 3.22. The number of nitrogens with zero attached hydrogens (tertiary/aromatic N) is 1. The minimum Gasteiger partial charge on any atom is -0.449 e. The van der Waals surface area contributed by atoms with Gasteiger partial charge in [0.05, 0.1) is 18.8 Å². The van der Waals surface area contributed by atoms with Crippen LogP contribution in [0.4, 0.5) is 11.4 Å². The first-order chi connectivity index (χ1) is 14.1. The van der Waals surface area contributed by atoms with Crippen LogP contribution in [0.5, 0.6) is 0 Å². The molecular weight excluding hydrogens is 368 g/mol. The second-order valence-electron chi connectivity index (χ2n) is 7.52. The molecule has 29 heavy (non-hydrogen) atoms. The topological polar surface area (TPSA) is 67.9 Å². The van der Waals surface area contributed by atoms with Crippen LogP contribution in [-0.2, 0) is 27.1 Å². The maximum Gasteiger partial charge on any atom is 0.338 e. The number of fused-ring (bicyclic) bond motifs is 1. The lowest BCUT2D eigenvalue weighted by Crippen LogP contribution is -2.36. The molecule has 1 heterocycles. The van der Waals surface area contributed by atoms with Crippen molar-refractivity contribution in [1.82, 2.24) is 0 Å². The first-order valence-corrected chi connectivity index (χ1v) is 10.2. The van der Waals surface area contributed by atoms with Gasteiger partial charge in [-0.1, -0.05) is 6.07 Å². The molecule has 152 valence electrons. The number of hydrogen-bond donors (Lipinski definition) is 1. The van der Waals surface area contributed by atoms with Gasteiger partial charge >= 0.3 is 5.97 Å². The lowest BCUT2D eigenvalue weighted by atomic mass is 10.1. The third-order valence-corrected chi connectivity index (χ3v) is 5.50. The molecular formula is C23H26N2O4. The Hall–Kier alpha value is -2.86. The maximum atomic E-state index is 12.4. The first-order valence-electron chi connectivity index (χ1n) is 10.2. The Morgan fingerprint density at radius 2 is 1.76 bits per heavy atom. The van der Waals surface area contributed by atoms with E-state index in [-0.39, 0.29) is 5.91 Å². The SMILES string of the molecule is C[C@@H](OC(=O)c1ccc2c(c1)CCC2)C(=O)Nc1ccc(N2CCOCC2)cc1. The molecule has 1 saturated heterocycles. The fraction of sp³-hybridized carbons (Fsp3) is 0.391. The quantitative estimate of drug-likeness (QED) is 0.789. The molecule has 0 aromatic heterocycles. The Bertz CT molecular complexity index is 888. The molecule has 4 rings (SSSR count). The van der Waals surface area contributed by atoms with Gasteiger partial charge in [-0.3, -0.25) is 4.79 Å². The summed E-state index contributed by atoms with van der Waals surface area (Å²) in [6.07, 6.45) is 2.30. The van der Waals surface area contributed by atoms with Gasteiger partial charge in [0, 0.05) is 24.5 Å². The van der Waals surface area contributed by atoms with Gasteiger partial charge in [0.15, 0.2) is 6.10 Å². The van der Waals surface area contributed by atoms with Crippen LogP contribution in [0.3, 0.4) is 0 Å². The Morgan fingerprint density at radius 1 is 1.03 bits per heavy atom. The molecule has 2 aliphatic rings. The predicted molar refractivity (Wildman–Crippen MR) is 111 cm³/mol. The number of amides is 1. The molecule has 1 aliphatic carbocycles. The summed E-state index contributed by atoms with van der Waals surface area (Å²) in [6.45, 7) is 4.77. The Morgan fingerprint density at radius 3 is 2.52 bits per heavy atom. The van der Waals surface area contributed by atoms with Gasteiger partial charge in [0.25, 0.3) is 5.91 Å². The molecule has 1 amide bonds. The van der Waals surface area contributed by atoms with Crippen LogP contribution in [0.2, 0.25) is 0 Å². The number of aryl methyl sites for hydroxylation is 2. The molecule has 0 spiro atoms. The molecule has 0 radical (unpaired) electrons. The molecule has 0 unspecified atom stereocenters. The van der Waals surface area contributed by atoms with Crippen molar-refractivity contribution in [2.75, 3.05) is 36.5 Å². The number of carbonyl (C=O) groups excluding carboxylic acids is 2. The number of benzene rings is 2. The third-order valence-electron chi connectivity index (χ3n) is 5.50. The van der Waals surface area contributed by atoms with E-state index in [2.05, 4.69) is 10.2 Å². The summed E-state index contributed by atoms with van der Waals surface area (Å²) in [7, 11) is 0. The molecule has 6 heteroatoms. The number of rotatable bonds is 5. The van der Waals surface area contributed by atoms with E-state index in [1.165, 1.54) is 11.1 Å². The van der Waals surface area contributed by atoms with Crippen LogP contribution in [0.15, 0.2) is 42.5 Å². The van der Waals surface area contributed by atoms with E-state index in [1.54, 1.807) is 13.0 Å². The van der Waals surface area contributed by atoms with Gasteiger partial charge in [-0.2, -0.15) is 0 Å². The second-order valence-corrected chi connectivity index (χ2v) is 7.52. The summed E-state index contributed by atoms with van der Waals surface area (Å²) < 4.78 is 10.7. The molecule has 0 bridgehead atoms. The number of ether oxygens (including phenoxy) is 2. The molecule has 2 aromatic carbocycles. The number of hydrogen-bond acceptors (Lipinski definition) is 5. The maximum absolute atomic E-state index is 12.4. The molecule has 6 nitrogen and oxygen atoms in total. The van der Waals surface area contributed by atoms with Crippen LogP contribution in [-0.4, -0.2) is 44.3 Å². The Balaban J connectivity index is 1.32. The summed E-state index contributed by atoms with van der Waals surface area (Å²) in [6, 6.07) is 13.3. The minimum absolute atomic E-state index is 0.348.